The molecule has 2 fully saturated rings. The molecular weight excluding hydrogens is 248 g/mol. The molecule has 3 atom stereocenters. The van der Waals surface area contributed by atoms with E-state index in [4.69, 9.17) is 5.73 Å². The van der Waals surface area contributed by atoms with Crippen molar-refractivity contribution >= 4 is 5.91 Å². The van der Waals surface area contributed by atoms with Gasteiger partial charge < -0.3 is 10.6 Å². The highest BCUT2D eigenvalue weighted by molar-refractivity contribution is 5.79. The Balaban J connectivity index is 2.05. The Hall–Kier alpha value is -0.570. The Morgan fingerprint density at radius 3 is 2.40 bits per heavy atom. The van der Waals surface area contributed by atoms with Crippen LogP contribution in [0.15, 0.2) is 0 Å². The van der Waals surface area contributed by atoms with Crippen molar-refractivity contribution in [1.29, 1.82) is 0 Å². The van der Waals surface area contributed by atoms with Crippen LogP contribution in [0.4, 0.5) is 0 Å². The molecule has 2 aliphatic rings. The zero-order valence-corrected chi connectivity index (χ0v) is 13.5. The summed E-state index contributed by atoms with van der Waals surface area (Å²) in [7, 11) is 0. The third kappa shape index (κ3) is 3.75. The largest absolute Gasteiger partial charge is 0.339 e. The predicted molar refractivity (Wildman–Crippen MR) is 83.3 cm³/mol. The zero-order chi connectivity index (χ0) is 14.7. The lowest BCUT2D eigenvalue weighted by Gasteiger charge is -2.38. The number of hydrogen-bond acceptors (Lipinski definition) is 2. The van der Waals surface area contributed by atoms with Gasteiger partial charge >= 0.3 is 0 Å². The van der Waals surface area contributed by atoms with Gasteiger partial charge in [0.1, 0.15) is 0 Å². The lowest BCUT2D eigenvalue weighted by Crippen LogP contribution is -2.48. The fraction of sp³-hybridized carbons (Fsp3) is 0.941. The molecule has 2 aliphatic carbocycles. The molecule has 1 amide bonds. The van der Waals surface area contributed by atoms with E-state index in [-0.39, 0.29) is 5.92 Å². The lowest BCUT2D eigenvalue weighted by atomic mass is 9.77. The van der Waals surface area contributed by atoms with Crippen LogP contribution in [0.3, 0.4) is 0 Å². The van der Waals surface area contributed by atoms with E-state index in [1.165, 1.54) is 25.7 Å². The van der Waals surface area contributed by atoms with Crippen molar-refractivity contribution in [2.45, 2.75) is 77.8 Å². The first-order chi connectivity index (χ1) is 9.49. The molecule has 0 bridgehead atoms. The molecule has 20 heavy (non-hydrogen) atoms. The molecule has 0 aliphatic heterocycles. The van der Waals surface area contributed by atoms with Gasteiger partial charge in [-0.25, -0.2) is 0 Å². The van der Waals surface area contributed by atoms with E-state index < -0.39 is 0 Å². The summed E-state index contributed by atoms with van der Waals surface area (Å²) >= 11 is 0. The third-order valence-corrected chi connectivity index (χ3v) is 5.14. The summed E-state index contributed by atoms with van der Waals surface area (Å²) in [5.74, 6) is 1.64. The van der Waals surface area contributed by atoms with Crippen LogP contribution in [0.2, 0.25) is 0 Å². The number of nitrogens with zero attached hydrogens (tertiary/aromatic N) is 1. The first-order valence-electron chi connectivity index (χ1n) is 8.55. The molecule has 0 saturated heterocycles. The minimum absolute atomic E-state index is 0.217. The highest BCUT2D eigenvalue weighted by Gasteiger charge is 2.36. The fourth-order valence-electron chi connectivity index (χ4n) is 4.05. The van der Waals surface area contributed by atoms with Gasteiger partial charge in [-0.15, -0.1) is 0 Å². The summed E-state index contributed by atoms with van der Waals surface area (Å²) in [5.41, 5.74) is 6.04. The second kappa shape index (κ2) is 6.93. The van der Waals surface area contributed by atoms with Gasteiger partial charge in [-0.3, -0.25) is 4.79 Å². The summed E-state index contributed by atoms with van der Waals surface area (Å²) in [5, 5.41) is 0. The van der Waals surface area contributed by atoms with Gasteiger partial charge in [0.15, 0.2) is 0 Å². The molecule has 0 heterocycles. The number of amides is 1. The van der Waals surface area contributed by atoms with Crippen molar-refractivity contribution in [1.82, 2.24) is 4.90 Å². The van der Waals surface area contributed by atoms with Gasteiger partial charge in [0, 0.05) is 24.5 Å². The second-order valence-corrected chi connectivity index (χ2v) is 7.48. The zero-order valence-electron chi connectivity index (χ0n) is 13.5. The van der Waals surface area contributed by atoms with Gasteiger partial charge in [0.05, 0.1) is 0 Å². The number of nitrogens with two attached hydrogens (primary N) is 1. The van der Waals surface area contributed by atoms with Gasteiger partial charge in [-0.2, -0.15) is 0 Å². The molecule has 0 spiro atoms. The average Bonchev–Trinajstić information content (AvgIpc) is 2.88. The molecule has 0 aromatic carbocycles. The van der Waals surface area contributed by atoms with E-state index in [0.717, 1.165) is 25.8 Å². The highest BCUT2D eigenvalue weighted by Crippen LogP contribution is 2.33. The van der Waals surface area contributed by atoms with Crippen LogP contribution >= 0.6 is 0 Å². The molecule has 0 aromatic heterocycles. The second-order valence-electron chi connectivity index (χ2n) is 7.48. The van der Waals surface area contributed by atoms with Crippen LogP contribution in [0.1, 0.15) is 65.7 Å². The Morgan fingerprint density at radius 1 is 1.20 bits per heavy atom. The molecule has 2 saturated carbocycles. The minimum atomic E-state index is 0.217. The Kier molecular flexibility index (Phi) is 5.48. The van der Waals surface area contributed by atoms with E-state index in [2.05, 4.69) is 25.7 Å². The standard InChI is InChI=1S/C17H32N2O/c1-12(2)11-19(15-6-4-5-7-15)17(20)16-9-8-14(18)10-13(16)3/h12-16H,4-11,18H2,1-3H3. The molecule has 0 radical (unpaired) electrons. The van der Waals surface area contributed by atoms with Crippen LogP contribution in [-0.2, 0) is 4.79 Å². The Bertz CT molecular complexity index is 323. The van der Waals surface area contributed by atoms with Crippen molar-refractivity contribution in [2.75, 3.05) is 6.54 Å². The maximum atomic E-state index is 13.0. The van der Waals surface area contributed by atoms with Crippen molar-refractivity contribution in [3.05, 3.63) is 0 Å². The third-order valence-electron chi connectivity index (χ3n) is 5.14. The topological polar surface area (TPSA) is 46.3 Å². The van der Waals surface area contributed by atoms with Crippen LogP contribution in [0, 0.1) is 17.8 Å². The number of hydrogen-bond donors (Lipinski definition) is 1. The summed E-state index contributed by atoms with van der Waals surface area (Å²) < 4.78 is 0. The fourth-order valence-corrected chi connectivity index (χ4v) is 4.05. The predicted octanol–water partition coefficient (Wildman–Crippen LogP) is 3.18. The maximum absolute atomic E-state index is 13.0. The van der Waals surface area contributed by atoms with E-state index in [0.29, 0.717) is 29.8 Å². The van der Waals surface area contributed by atoms with Crippen molar-refractivity contribution < 1.29 is 4.79 Å². The molecule has 3 unspecified atom stereocenters. The normalized spacial score (nSPS) is 31.8. The monoisotopic (exact) mass is 280 g/mol. The summed E-state index contributed by atoms with van der Waals surface area (Å²) in [6.45, 7) is 7.58. The SMILES string of the molecule is CC(C)CN(C(=O)C1CCC(N)CC1C)C1CCCC1. The molecular formula is C17H32N2O. The summed E-state index contributed by atoms with van der Waals surface area (Å²) in [6.07, 6.45) is 8.01. The number of carbonyl (C=O) groups excluding carboxylic acids is 1. The summed E-state index contributed by atoms with van der Waals surface area (Å²) in [6, 6.07) is 0.812. The summed E-state index contributed by atoms with van der Waals surface area (Å²) in [4.78, 5) is 15.3. The van der Waals surface area contributed by atoms with Crippen molar-refractivity contribution in [3.63, 3.8) is 0 Å². The van der Waals surface area contributed by atoms with E-state index >= 15 is 0 Å². The number of carbonyl (C=O) groups is 1. The van der Waals surface area contributed by atoms with Crippen LogP contribution in [0.5, 0.6) is 0 Å². The van der Waals surface area contributed by atoms with Crippen LogP contribution in [-0.4, -0.2) is 29.4 Å². The molecule has 116 valence electrons. The molecule has 3 nitrogen and oxygen atoms in total. The van der Waals surface area contributed by atoms with E-state index in [9.17, 15) is 4.79 Å². The van der Waals surface area contributed by atoms with E-state index in [1.54, 1.807) is 0 Å². The molecule has 3 heteroatoms. The first-order valence-corrected chi connectivity index (χ1v) is 8.55. The maximum Gasteiger partial charge on any atom is 0.226 e. The smallest absolute Gasteiger partial charge is 0.226 e. The highest BCUT2D eigenvalue weighted by atomic mass is 16.2. The van der Waals surface area contributed by atoms with Gasteiger partial charge in [0.2, 0.25) is 5.91 Å². The molecule has 2 N–H and O–H groups in total. The van der Waals surface area contributed by atoms with Crippen LogP contribution < -0.4 is 5.73 Å². The average molecular weight is 280 g/mol. The van der Waals surface area contributed by atoms with E-state index in [1.807, 2.05) is 0 Å². The van der Waals surface area contributed by atoms with Crippen molar-refractivity contribution in [3.8, 4) is 0 Å². The quantitative estimate of drug-likeness (QED) is 0.859. The first kappa shape index (κ1) is 15.8. The van der Waals surface area contributed by atoms with Gasteiger partial charge in [-0.05, 0) is 43.9 Å². The lowest BCUT2D eigenvalue weighted by molar-refractivity contribution is -0.141. The van der Waals surface area contributed by atoms with Crippen LogP contribution in [0.25, 0.3) is 0 Å². The Morgan fingerprint density at radius 2 is 1.85 bits per heavy atom. The number of rotatable bonds is 4. The molecule has 2 rings (SSSR count). The van der Waals surface area contributed by atoms with Crippen molar-refractivity contribution in [2.24, 2.45) is 23.5 Å². The van der Waals surface area contributed by atoms with Gasteiger partial charge in [0.25, 0.3) is 0 Å². The molecule has 0 aromatic rings. The van der Waals surface area contributed by atoms with Gasteiger partial charge in [-0.1, -0.05) is 33.6 Å². The Labute approximate surface area is 124 Å². The minimum Gasteiger partial charge on any atom is -0.339 e.